The van der Waals surface area contributed by atoms with Crippen molar-refractivity contribution in [2.75, 3.05) is 6.61 Å². The molecule has 2 aromatic heterocycles. The molecule has 4 heterocycles. The number of aromatic nitrogens is 2. The number of carbonyl (C=O) groups is 1. The molecule has 0 saturated carbocycles. The lowest BCUT2D eigenvalue weighted by molar-refractivity contribution is 0.0572. The molecular weight excluding hydrogens is 350 g/mol. The van der Waals surface area contributed by atoms with Gasteiger partial charge >= 0.3 is 0 Å². The number of carbonyl (C=O) groups excluding carboxylic acids is 1. The number of benzene rings is 1. The zero-order valence-electron chi connectivity index (χ0n) is 16.1. The van der Waals surface area contributed by atoms with E-state index in [-0.39, 0.29) is 30.0 Å². The van der Waals surface area contributed by atoms with Gasteiger partial charge < -0.3 is 10.0 Å². The number of aryl methyl sites for hydroxylation is 1. The van der Waals surface area contributed by atoms with E-state index in [0.717, 1.165) is 36.8 Å². The molecule has 3 atom stereocenters. The van der Waals surface area contributed by atoms with E-state index >= 15 is 0 Å². The number of hydrogen-bond acceptors (Lipinski definition) is 3. The summed E-state index contributed by atoms with van der Waals surface area (Å²) in [5.41, 5.74) is 3.58. The van der Waals surface area contributed by atoms with Crippen molar-refractivity contribution < 1.29 is 9.90 Å². The van der Waals surface area contributed by atoms with Gasteiger partial charge in [-0.15, -0.1) is 0 Å². The minimum Gasteiger partial charge on any atom is -0.396 e. The summed E-state index contributed by atoms with van der Waals surface area (Å²) >= 11 is 0. The molecule has 0 radical (unpaired) electrons. The number of nitrogens with zero attached hydrogens (tertiary/aromatic N) is 3. The molecule has 2 bridgehead atoms. The van der Waals surface area contributed by atoms with Crippen LogP contribution in [0.1, 0.15) is 40.7 Å². The fourth-order valence-corrected chi connectivity index (χ4v) is 5.53. The molecule has 5 nitrogen and oxygen atoms in total. The number of rotatable bonds is 4. The van der Waals surface area contributed by atoms with E-state index in [9.17, 15) is 9.90 Å². The Hall–Kier alpha value is -2.66. The Kier molecular flexibility index (Phi) is 4.02. The van der Waals surface area contributed by atoms with Crippen LogP contribution in [0.5, 0.6) is 0 Å². The molecular formula is C23H25N3O2. The van der Waals surface area contributed by atoms with Crippen LogP contribution in [0.3, 0.4) is 0 Å². The third-order valence-electron chi connectivity index (χ3n) is 6.77. The van der Waals surface area contributed by atoms with Gasteiger partial charge in [0, 0.05) is 23.7 Å². The maximum atomic E-state index is 13.6. The standard InChI is InChI=1S/C23H25N3O2/c1-16-6-5-11-25-21(16)19(14-24-25)22(28)26-18-9-10-20(26)23(13-18,15-27)12-17-7-3-2-4-8-17/h2-8,11,14,18,20,27H,9-10,12-13,15H2,1H3/t18-,20+,23-/m0/s1. The van der Waals surface area contributed by atoms with E-state index in [2.05, 4.69) is 22.1 Å². The van der Waals surface area contributed by atoms with Crippen LogP contribution in [0.15, 0.2) is 54.9 Å². The van der Waals surface area contributed by atoms with Crippen LogP contribution < -0.4 is 0 Å². The average Bonchev–Trinajstić information content (AvgIpc) is 3.40. The van der Waals surface area contributed by atoms with E-state index in [4.69, 9.17) is 0 Å². The zero-order chi connectivity index (χ0) is 19.3. The third-order valence-corrected chi connectivity index (χ3v) is 6.77. The topological polar surface area (TPSA) is 57.8 Å². The van der Waals surface area contributed by atoms with Crippen molar-refractivity contribution in [2.45, 2.75) is 44.7 Å². The van der Waals surface area contributed by atoms with Crippen molar-refractivity contribution in [3.05, 3.63) is 71.5 Å². The molecule has 2 aliphatic heterocycles. The van der Waals surface area contributed by atoms with Crippen LogP contribution in [0.2, 0.25) is 0 Å². The summed E-state index contributed by atoms with van der Waals surface area (Å²) in [6, 6.07) is 14.6. The van der Waals surface area contributed by atoms with Crippen molar-refractivity contribution in [3.63, 3.8) is 0 Å². The first-order valence-electron chi connectivity index (χ1n) is 10.0. The number of pyridine rings is 1. The summed E-state index contributed by atoms with van der Waals surface area (Å²) < 4.78 is 1.78. The van der Waals surface area contributed by atoms with Crippen molar-refractivity contribution in [1.29, 1.82) is 0 Å². The molecule has 1 N–H and O–H groups in total. The first-order valence-corrected chi connectivity index (χ1v) is 10.0. The molecule has 28 heavy (non-hydrogen) atoms. The van der Waals surface area contributed by atoms with E-state index in [1.807, 2.05) is 43.5 Å². The lowest BCUT2D eigenvalue weighted by Crippen LogP contribution is -2.43. The molecule has 0 spiro atoms. The molecule has 1 amide bonds. The van der Waals surface area contributed by atoms with Gasteiger partial charge in [-0.05, 0) is 49.8 Å². The molecule has 0 unspecified atom stereocenters. The summed E-state index contributed by atoms with van der Waals surface area (Å²) in [6.07, 6.45) is 7.23. The minimum atomic E-state index is -0.252. The quantitative estimate of drug-likeness (QED) is 0.762. The van der Waals surface area contributed by atoms with Gasteiger partial charge in [-0.3, -0.25) is 4.79 Å². The first-order chi connectivity index (χ1) is 13.6. The highest BCUT2D eigenvalue weighted by Gasteiger charge is 2.57. The molecule has 1 aromatic carbocycles. The predicted molar refractivity (Wildman–Crippen MR) is 107 cm³/mol. The Bertz CT molecular complexity index is 1030. The van der Waals surface area contributed by atoms with Crippen LogP contribution in [-0.2, 0) is 6.42 Å². The Morgan fingerprint density at radius 2 is 2.04 bits per heavy atom. The van der Waals surface area contributed by atoms with Gasteiger partial charge in [0.05, 0.1) is 23.9 Å². The molecule has 2 fully saturated rings. The van der Waals surface area contributed by atoms with Gasteiger partial charge in [0.2, 0.25) is 0 Å². The second-order valence-corrected chi connectivity index (χ2v) is 8.39. The van der Waals surface area contributed by atoms with Gasteiger partial charge in [-0.2, -0.15) is 5.10 Å². The van der Waals surface area contributed by atoms with Crippen LogP contribution in [0.4, 0.5) is 0 Å². The van der Waals surface area contributed by atoms with Gasteiger partial charge in [0.25, 0.3) is 5.91 Å². The maximum absolute atomic E-state index is 13.6. The molecule has 144 valence electrons. The SMILES string of the molecule is Cc1cccn2ncc(C(=O)N3[C@H]4CC[C@@H]3[C@@](CO)(Cc3ccccc3)C4)c12. The Morgan fingerprint density at radius 3 is 2.82 bits per heavy atom. The Balaban J connectivity index is 1.50. The van der Waals surface area contributed by atoms with Gasteiger partial charge in [-0.1, -0.05) is 36.4 Å². The Labute approximate surface area is 164 Å². The van der Waals surface area contributed by atoms with Crippen molar-refractivity contribution in [3.8, 4) is 0 Å². The van der Waals surface area contributed by atoms with E-state index in [1.54, 1.807) is 10.7 Å². The number of aliphatic hydroxyl groups excluding tert-OH is 1. The molecule has 5 heteroatoms. The highest BCUT2D eigenvalue weighted by molar-refractivity contribution is 6.02. The fraction of sp³-hybridized carbons (Fsp3) is 0.391. The number of aliphatic hydroxyl groups is 1. The second-order valence-electron chi connectivity index (χ2n) is 8.39. The van der Waals surface area contributed by atoms with E-state index < -0.39 is 0 Å². The van der Waals surface area contributed by atoms with Crippen molar-refractivity contribution >= 4 is 11.4 Å². The smallest absolute Gasteiger partial charge is 0.258 e. The fourth-order valence-electron chi connectivity index (χ4n) is 5.53. The van der Waals surface area contributed by atoms with Gasteiger partial charge in [0.15, 0.2) is 0 Å². The third kappa shape index (κ3) is 2.49. The molecule has 0 aliphatic carbocycles. The van der Waals surface area contributed by atoms with Gasteiger partial charge in [0.1, 0.15) is 0 Å². The number of amides is 1. The predicted octanol–water partition coefficient (Wildman–Crippen LogP) is 3.24. The zero-order valence-corrected chi connectivity index (χ0v) is 16.1. The summed E-state index contributed by atoms with van der Waals surface area (Å²) in [7, 11) is 0. The minimum absolute atomic E-state index is 0.0557. The summed E-state index contributed by atoms with van der Waals surface area (Å²) in [5.74, 6) is 0.0557. The highest BCUT2D eigenvalue weighted by Crippen LogP contribution is 2.51. The highest BCUT2D eigenvalue weighted by atomic mass is 16.3. The summed E-state index contributed by atoms with van der Waals surface area (Å²) in [6.45, 7) is 2.13. The lowest BCUT2D eigenvalue weighted by atomic mass is 9.70. The molecule has 2 saturated heterocycles. The maximum Gasteiger partial charge on any atom is 0.258 e. The summed E-state index contributed by atoms with van der Waals surface area (Å²) in [5, 5.41) is 14.8. The normalized spacial score (nSPS) is 26.3. The van der Waals surface area contributed by atoms with E-state index in [0.29, 0.717) is 5.56 Å². The van der Waals surface area contributed by atoms with E-state index in [1.165, 1.54) is 5.56 Å². The van der Waals surface area contributed by atoms with Crippen LogP contribution >= 0.6 is 0 Å². The number of fused-ring (bicyclic) bond motifs is 3. The lowest BCUT2D eigenvalue weighted by Gasteiger charge is -2.36. The molecule has 3 aromatic rings. The first kappa shape index (κ1) is 17.4. The molecule has 5 rings (SSSR count). The van der Waals surface area contributed by atoms with Crippen molar-refractivity contribution in [2.24, 2.45) is 5.41 Å². The van der Waals surface area contributed by atoms with Crippen LogP contribution in [0, 0.1) is 12.3 Å². The second kappa shape index (κ2) is 6.45. The molecule has 2 aliphatic rings. The van der Waals surface area contributed by atoms with Crippen LogP contribution in [0.25, 0.3) is 5.52 Å². The van der Waals surface area contributed by atoms with Crippen LogP contribution in [-0.4, -0.2) is 44.2 Å². The number of hydrogen-bond donors (Lipinski definition) is 1. The summed E-state index contributed by atoms with van der Waals surface area (Å²) in [4.78, 5) is 15.6. The average molecular weight is 375 g/mol. The Morgan fingerprint density at radius 1 is 1.21 bits per heavy atom. The largest absolute Gasteiger partial charge is 0.396 e. The van der Waals surface area contributed by atoms with Crippen molar-refractivity contribution in [1.82, 2.24) is 14.5 Å². The monoisotopic (exact) mass is 375 g/mol. The van der Waals surface area contributed by atoms with Gasteiger partial charge in [-0.25, -0.2) is 4.52 Å².